The molecule has 19 heavy (non-hydrogen) atoms. The molecule has 1 aliphatic rings. The van der Waals surface area contributed by atoms with Crippen molar-refractivity contribution in [3.8, 4) is 0 Å². The Morgan fingerprint density at radius 1 is 1.05 bits per heavy atom. The Balaban J connectivity index is 1.57. The van der Waals surface area contributed by atoms with E-state index in [-0.39, 0.29) is 0 Å². The average molecular weight is 257 g/mol. The highest BCUT2D eigenvalue weighted by Crippen LogP contribution is 2.16. The van der Waals surface area contributed by atoms with Crippen molar-refractivity contribution in [1.29, 1.82) is 0 Å². The molecule has 2 heterocycles. The third-order valence-corrected chi connectivity index (χ3v) is 3.66. The molecule has 100 valence electrons. The van der Waals surface area contributed by atoms with Gasteiger partial charge in [0, 0.05) is 38.9 Å². The van der Waals surface area contributed by atoms with Gasteiger partial charge in [-0.3, -0.25) is 9.58 Å². The standard InChI is InChI=1S/C14H19N5/c1-17-14(15-12-16-17)11-18-7-9-19(10-8-18)13-5-3-2-4-6-13/h2-6,12H,7-11H2,1H3. The van der Waals surface area contributed by atoms with E-state index >= 15 is 0 Å². The fourth-order valence-electron chi connectivity index (χ4n) is 2.47. The van der Waals surface area contributed by atoms with E-state index < -0.39 is 0 Å². The van der Waals surface area contributed by atoms with Crippen molar-refractivity contribution in [2.24, 2.45) is 7.05 Å². The molecular formula is C14H19N5. The molecule has 0 N–H and O–H groups in total. The monoisotopic (exact) mass is 257 g/mol. The maximum absolute atomic E-state index is 4.28. The SMILES string of the molecule is Cn1ncnc1CN1CCN(c2ccccc2)CC1. The van der Waals surface area contributed by atoms with Crippen molar-refractivity contribution in [3.63, 3.8) is 0 Å². The predicted octanol–water partition coefficient (Wildman–Crippen LogP) is 1.14. The Labute approximate surface area is 113 Å². The van der Waals surface area contributed by atoms with Crippen LogP contribution in [-0.2, 0) is 13.6 Å². The van der Waals surface area contributed by atoms with Crippen LogP contribution in [0.4, 0.5) is 5.69 Å². The van der Waals surface area contributed by atoms with Gasteiger partial charge in [0.25, 0.3) is 0 Å². The molecule has 0 aliphatic carbocycles. The van der Waals surface area contributed by atoms with Crippen LogP contribution in [0.5, 0.6) is 0 Å². The van der Waals surface area contributed by atoms with Crippen LogP contribution in [-0.4, -0.2) is 45.8 Å². The second-order valence-electron chi connectivity index (χ2n) is 4.90. The number of aromatic nitrogens is 3. The van der Waals surface area contributed by atoms with E-state index in [1.54, 1.807) is 6.33 Å². The molecule has 5 nitrogen and oxygen atoms in total. The van der Waals surface area contributed by atoms with E-state index in [9.17, 15) is 0 Å². The summed E-state index contributed by atoms with van der Waals surface area (Å²) in [6.07, 6.45) is 1.62. The van der Waals surface area contributed by atoms with Crippen molar-refractivity contribution in [1.82, 2.24) is 19.7 Å². The molecule has 1 aliphatic heterocycles. The number of nitrogens with zero attached hydrogens (tertiary/aromatic N) is 5. The second kappa shape index (κ2) is 5.40. The Morgan fingerprint density at radius 2 is 1.79 bits per heavy atom. The maximum atomic E-state index is 4.28. The van der Waals surface area contributed by atoms with Crippen LogP contribution in [0.2, 0.25) is 0 Å². The highest BCUT2D eigenvalue weighted by atomic mass is 15.3. The summed E-state index contributed by atoms with van der Waals surface area (Å²) in [4.78, 5) is 9.16. The van der Waals surface area contributed by atoms with Crippen LogP contribution in [0.25, 0.3) is 0 Å². The first-order valence-corrected chi connectivity index (χ1v) is 6.68. The number of para-hydroxylation sites is 1. The summed E-state index contributed by atoms with van der Waals surface area (Å²) in [7, 11) is 1.95. The molecule has 0 radical (unpaired) electrons. The Morgan fingerprint density at radius 3 is 2.42 bits per heavy atom. The highest BCUT2D eigenvalue weighted by Gasteiger charge is 2.18. The molecule has 1 aromatic carbocycles. The molecule has 3 rings (SSSR count). The topological polar surface area (TPSA) is 37.2 Å². The second-order valence-corrected chi connectivity index (χ2v) is 4.90. The molecule has 1 saturated heterocycles. The number of rotatable bonds is 3. The minimum atomic E-state index is 0.888. The zero-order valence-electron chi connectivity index (χ0n) is 11.2. The van der Waals surface area contributed by atoms with Gasteiger partial charge in [0.05, 0.1) is 6.54 Å². The maximum Gasteiger partial charge on any atom is 0.140 e. The molecule has 0 atom stereocenters. The van der Waals surface area contributed by atoms with Gasteiger partial charge in [-0.25, -0.2) is 4.98 Å². The zero-order chi connectivity index (χ0) is 13.1. The molecule has 0 bridgehead atoms. The van der Waals surface area contributed by atoms with Crippen LogP contribution in [0, 0.1) is 0 Å². The number of benzene rings is 1. The molecule has 5 heteroatoms. The quantitative estimate of drug-likeness (QED) is 0.826. The van der Waals surface area contributed by atoms with Gasteiger partial charge in [-0.15, -0.1) is 0 Å². The largest absolute Gasteiger partial charge is 0.369 e. The van der Waals surface area contributed by atoms with Gasteiger partial charge < -0.3 is 4.90 Å². The van der Waals surface area contributed by atoms with Crippen LogP contribution in [0.15, 0.2) is 36.7 Å². The van der Waals surface area contributed by atoms with Crippen LogP contribution < -0.4 is 4.90 Å². The first kappa shape index (κ1) is 12.2. The predicted molar refractivity (Wildman–Crippen MR) is 74.9 cm³/mol. The van der Waals surface area contributed by atoms with Gasteiger partial charge in [0.1, 0.15) is 12.2 Å². The molecule has 1 fully saturated rings. The lowest BCUT2D eigenvalue weighted by atomic mass is 10.2. The third kappa shape index (κ3) is 2.76. The average Bonchev–Trinajstić information content (AvgIpc) is 2.86. The van der Waals surface area contributed by atoms with Gasteiger partial charge in [-0.1, -0.05) is 18.2 Å². The Kier molecular flexibility index (Phi) is 3.46. The fourth-order valence-corrected chi connectivity index (χ4v) is 2.47. The first-order valence-electron chi connectivity index (χ1n) is 6.68. The minimum absolute atomic E-state index is 0.888. The van der Waals surface area contributed by atoms with E-state index in [0.29, 0.717) is 0 Å². The van der Waals surface area contributed by atoms with Gasteiger partial charge in [0.15, 0.2) is 0 Å². The van der Waals surface area contributed by atoms with Crippen LogP contribution in [0.1, 0.15) is 5.82 Å². The fraction of sp³-hybridized carbons (Fsp3) is 0.429. The summed E-state index contributed by atoms with van der Waals surface area (Å²) in [5.41, 5.74) is 1.32. The van der Waals surface area contributed by atoms with Crippen molar-refractivity contribution >= 4 is 5.69 Å². The third-order valence-electron chi connectivity index (χ3n) is 3.66. The lowest BCUT2D eigenvalue weighted by molar-refractivity contribution is 0.241. The molecule has 0 saturated carbocycles. The Bertz CT molecular complexity index is 514. The van der Waals surface area contributed by atoms with Gasteiger partial charge >= 0.3 is 0 Å². The van der Waals surface area contributed by atoms with E-state index in [1.807, 2.05) is 11.7 Å². The molecule has 2 aromatic rings. The smallest absolute Gasteiger partial charge is 0.140 e. The van der Waals surface area contributed by atoms with E-state index in [0.717, 1.165) is 38.5 Å². The van der Waals surface area contributed by atoms with E-state index in [1.165, 1.54) is 5.69 Å². The van der Waals surface area contributed by atoms with Gasteiger partial charge in [-0.05, 0) is 12.1 Å². The molecule has 0 spiro atoms. The zero-order valence-corrected chi connectivity index (χ0v) is 11.2. The molecule has 0 amide bonds. The van der Waals surface area contributed by atoms with Gasteiger partial charge in [0.2, 0.25) is 0 Å². The summed E-state index contributed by atoms with van der Waals surface area (Å²) in [5.74, 6) is 1.04. The number of hydrogen-bond donors (Lipinski definition) is 0. The molecular weight excluding hydrogens is 238 g/mol. The van der Waals surface area contributed by atoms with Crippen molar-refractivity contribution in [2.45, 2.75) is 6.54 Å². The number of aryl methyl sites for hydroxylation is 1. The Hall–Kier alpha value is -1.88. The van der Waals surface area contributed by atoms with Gasteiger partial charge in [-0.2, -0.15) is 5.10 Å². The van der Waals surface area contributed by atoms with E-state index in [2.05, 4.69) is 50.2 Å². The first-order chi connectivity index (χ1) is 9.33. The summed E-state index contributed by atoms with van der Waals surface area (Å²) in [5, 5.41) is 4.11. The summed E-state index contributed by atoms with van der Waals surface area (Å²) >= 11 is 0. The number of hydrogen-bond acceptors (Lipinski definition) is 4. The summed E-state index contributed by atoms with van der Waals surface area (Å²) in [6, 6.07) is 10.6. The lowest BCUT2D eigenvalue weighted by Crippen LogP contribution is -2.46. The van der Waals surface area contributed by atoms with Crippen LogP contribution >= 0.6 is 0 Å². The summed E-state index contributed by atoms with van der Waals surface area (Å²) in [6.45, 7) is 5.17. The van der Waals surface area contributed by atoms with Crippen molar-refractivity contribution in [3.05, 3.63) is 42.5 Å². The van der Waals surface area contributed by atoms with Crippen molar-refractivity contribution in [2.75, 3.05) is 31.1 Å². The van der Waals surface area contributed by atoms with Crippen molar-refractivity contribution < 1.29 is 0 Å². The van der Waals surface area contributed by atoms with Crippen LogP contribution in [0.3, 0.4) is 0 Å². The number of anilines is 1. The highest BCUT2D eigenvalue weighted by molar-refractivity contribution is 5.46. The number of piperazine rings is 1. The minimum Gasteiger partial charge on any atom is -0.369 e. The lowest BCUT2D eigenvalue weighted by Gasteiger charge is -2.35. The molecule has 0 unspecified atom stereocenters. The normalized spacial score (nSPS) is 16.8. The van der Waals surface area contributed by atoms with E-state index in [4.69, 9.17) is 0 Å². The molecule has 1 aromatic heterocycles. The summed E-state index contributed by atoms with van der Waals surface area (Å²) < 4.78 is 1.85.